The fraction of sp³-hybridized carbons (Fsp3) is 0.684. The molecule has 2 aliphatic rings. The van der Waals surface area contributed by atoms with Gasteiger partial charge in [0.15, 0.2) is 0 Å². The minimum absolute atomic E-state index is 0.594. The summed E-state index contributed by atoms with van der Waals surface area (Å²) in [6.45, 7) is 4.84. The van der Waals surface area contributed by atoms with Crippen molar-refractivity contribution in [1.29, 1.82) is 0 Å². The molecule has 0 bridgehead atoms. The molecule has 1 N–H and O–H groups in total. The first-order chi connectivity index (χ1) is 9.72. The van der Waals surface area contributed by atoms with Crippen molar-refractivity contribution in [2.24, 2.45) is 11.8 Å². The summed E-state index contributed by atoms with van der Waals surface area (Å²) in [5, 5.41) is 4.01. The zero-order valence-electron chi connectivity index (χ0n) is 13.1. The Hall–Kier alpha value is -0.820. The van der Waals surface area contributed by atoms with E-state index in [9.17, 15) is 0 Å². The van der Waals surface area contributed by atoms with Gasteiger partial charge in [0.1, 0.15) is 0 Å². The van der Waals surface area contributed by atoms with Gasteiger partial charge in [-0.2, -0.15) is 0 Å². The van der Waals surface area contributed by atoms with E-state index in [1.165, 1.54) is 44.9 Å². The predicted octanol–water partition coefficient (Wildman–Crippen LogP) is 4.87. The summed E-state index contributed by atoms with van der Waals surface area (Å²) in [7, 11) is 0. The van der Waals surface area contributed by atoms with Crippen LogP contribution in [0.25, 0.3) is 0 Å². The van der Waals surface area contributed by atoms with Crippen LogP contribution in [0.1, 0.15) is 69.5 Å². The van der Waals surface area contributed by atoms with Crippen LogP contribution < -0.4 is 5.32 Å². The molecule has 0 aromatic heterocycles. The van der Waals surface area contributed by atoms with Crippen LogP contribution in [0.3, 0.4) is 0 Å². The molecule has 1 fully saturated rings. The fourth-order valence-corrected chi connectivity index (χ4v) is 4.46. The summed E-state index contributed by atoms with van der Waals surface area (Å²) in [4.78, 5) is 0. The highest BCUT2D eigenvalue weighted by molar-refractivity contribution is 5.31. The second-order valence-corrected chi connectivity index (χ2v) is 7.28. The van der Waals surface area contributed by atoms with Crippen molar-refractivity contribution >= 4 is 0 Å². The van der Waals surface area contributed by atoms with Crippen LogP contribution in [0.2, 0.25) is 0 Å². The molecule has 1 aromatic rings. The van der Waals surface area contributed by atoms with Crippen molar-refractivity contribution in [3.63, 3.8) is 0 Å². The van der Waals surface area contributed by atoms with E-state index in [-0.39, 0.29) is 0 Å². The van der Waals surface area contributed by atoms with Gasteiger partial charge in [0.05, 0.1) is 0 Å². The largest absolute Gasteiger partial charge is 0.307 e. The summed E-state index contributed by atoms with van der Waals surface area (Å²) in [5.41, 5.74) is 3.16. The maximum atomic E-state index is 4.01. The van der Waals surface area contributed by atoms with Gasteiger partial charge in [-0.3, -0.25) is 0 Å². The summed E-state index contributed by atoms with van der Waals surface area (Å²) in [5.74, 6) is 1.77. The number of hydrogen-bond acceptors (Lipinski definition) is 1. The van der Waals surface area contributed by atoms with Gasteiger partial charge < -0.3 is 5.32 Å². The summed E-state index contributed by atoms with van der Waals surface area (Å²) >= 11 is 0. The van der Waals surface area contributed by atoms with E-state index in [2.05, 4.69) is 43.4 Å². The monoisotopic (exact) mass is 271 g/mol. The number of fused-ring (bicyclic) bond motifs is 1. The third-order valence-electron chi connectivity index (χ3n) is 5.23. The molecule has 0 aliphatic heterocycles. The molecular formula is C19H29N. The lowest BCUT2D eigenvalue weighted by Gasteiger charge is -2.35. The number of aryl methyl sites for hydroxylation is 1. The van der Waals surface area contributed by atoms with E-state index in [0.29, 0.717) is 6.04 Å². The first kappa shape index (κ1) is 14.1. The van der Waals surface area contributed by atoms with Crippen LogP contribution in [-0.2, 0) is 6.42 Å². The number of nitrogens with one attached hydrogen (secondary N) is 1. The molecule has 20 heavy (non-hydrogen) atoms. The van der Waals surface area contributed by atoms with Crippen LogP contribution >= 0.6 is 0 Å². The molecule has 0 saturated heterocycles. The normalized spacial score (nSPS) is 34.3. The van der Waals surface area contributed by atoms with Crippen LogP contribution in [0.5, 0.6) is 0 Å². The van der Waals surface area contributed by atoms with Gasteiger partial charge in [0.2, 0.25) is 0 Å². The predicted molar refractivity (Wildman–Crippen MR) is 85.8 cm³/mol. The Morgan fingerprint density at radius 3 is 2.50 bits per heavy atom. The van der Waals surface area contributed by atoms with Crippen molar-refractivity contribution in [3.05, 3.63) is 35.4 Å². The van der Waals surface area contributed by atoms with Crippen molar-refractivity contribution in [3.8, 4) is 0 Å². The number of rotatable bonds is 2. The molecule has 3 unspecified atom stereocenters. The average Bonchev–Trinajstić information content (AvgIpc) is 2.61. The molecule has 0 amide bonds. The van der Waals surface area contributed by atoms with Gasteiger partial charge in [-0.1, -0.05) is 44.5 Å². The molecular weight excluding hydrogens is 242 g/mol. The SMILES string of the molecule is CC1CC(C)CC(NC2CCCCc3ccccc32)C1. The van der Waals surface area contributed by atoms with Crippen LogP contribution in [0.4, 0.5) is 0 Å². The molecule has 2 aliphatic carbocycles. The van der Waals surface area contributed by atoms with E-state index in [4.69, 9.17) is 0 Å². The Morgan fingerprint density at radius 1 is 0.950 bits per heavy atom. The topological polar surface area (TPSA) is 12.0 Å². The third-order valence-corrected chi connectivity index (χ3v) is 5.23. The van der Waals surface area contributed by atoms with Crippen LogP contribution in [-0.4, -0.2) is 6.04 Å². The maximum absolute atomic E-state index is 4.01. The fourth-order valence-electron chi connectivity index (χ4n) is 4.46. The Balaban J connectivity index is 1.73. The Labute approximate surface area is 124 Å². The molecule has 1 nitrogen and oxygen atoms in total. The van der Waals surface area contributed by atoms with Gasteiger partial charge in [0.25, 0.3) is 0 Å². The molecule has 1 heteroatoms. The van der Waals surface area contributed by atoms with Crippen molar-refractivity contribution in [2.75, 3.05) is 0 Å². The van der Waals surface area contributed by atoms with Crippen LogP contribution in [0.15, 0.2) is 24.3 Å². The van der Waals surface area contributed by atoms with Crippen molar-refractivity contribution < 1.29 is 0 Å². The van der Waals surface area contributed by atoms with E-state index in [0.717, 1.165) is 17.9 Å². The van der Waals surface area contributed by atoms with Crippen molar-refractivity contribution in [2.45, 2.75) is 70.9 Å². The molecule has 0 radical (unpaired) electrons. The highest BCUT2D eigenvalue weighted by Crippen LogP contribution is 2.33. The molecule has 1 saturated carbocycles. The second kappa shape index (κ2) is 6.30. The Bertz CT molecular complexity index is 429. The lowest BCUT2D eigenvalue weighted by molar-refractivity contribution is 0.222. The van der Waals surface area contributed by atoms with E-state index in [1.54, 1.807) is 11.1 Å². The average molecular weight is 271 g/mol. The molecule has 110 valence electrons. The highest BCUT2D eigenvalue weighted by atomic mass is 15.0. The van der Waals surface area contributed by atoms with E-state index >= 15 is 0 Å². The third kappa shape index (κ3) is 3.25. The van der Waals surface area contributed by atoms with Gasteiger partial charge in [-0.25, -0.2) is 0 Å². The molecule has 1 aromatic carbocycles. The van der Waals surface area contributed by atoms with Gasteiger partial charge >= 0.3 is 0 Å². The Kier molecular flexibility index (Phi) is 4.45. The molecule has 0 heterocycles. The molecule has 3 atom stereocenters. The van der Waals surface area contributed by atoms with E-state index < -0.39 is 0 Å². The van der Waals surface area contributed by atoms with Crippen LogP contribution in [0, 0.1) is 11.8 Å². The zero-order chi connectivity index (χ0) is 13.9. The molecule has 0 spiro atoms. The standard InChI is InChI=1S/C19H29N/c1-14-11-15(2)13-17(12-14)20-19-10-6-4-8-16-7-3-5-9-18(16)19/h3,5,7,9,14-15,17,19-20H,4,6,8,10-13H2,1-2H3. The van der Waals surface area contributed by atoms with Gasteiger partial charge in [0, 0.05) is 12.1 Å². The lowest BCUT2D eigenvalue weighted by Crippen LogP contribution is -2.38. The number of benzene rings is 1. The second-order valence-electron chi connectivity index (χ2n) is 7.28. The van der Waals surface area contributed by atoms with Crippen molar-refractivity contribution in [1.82, 2.24) is 5.32 Å². The van der Waals surface area contributed by atoms with Gasteiger partial charge in [-0.05, 0) is 61.5 Å². The zero-order valence-corrected chi connectivity index (χ0v) is 13.1. The first-order valence-corrected chi connectivity index (χ1v) is 8.56. The highest BCUT2D eigenvalue weighted by Gasteiger charge is 2.27. The first-order valence-electron chi connectivity index (χ1n) is 8.56. The minimum Gasteiger partial charge on any atom is -0.307 e. The Morgan fingerprint density at radius 2 is 1.70 bits per heavy atom. The summed E-state index contributed by atoms with van der Waals surface area (Å²) in [6, 6.07) is 10.4. The number of hydrogen-bond donors (Lipinski definition) is 1. The summed E-state index contributed by atoms with van der Waals surface area (Å²) < 4.78 is 0. The minimum atomic E-state index is 0.594. The maximum Gasteiger partial charge on any atom is 0.0325 e. The smallest absolute Gasteiger partial charge is 0.0325 e. The van der Waals surface area contributed by atoms with E-state index in [1.807, 2.05) is 0 Å². The molecule has 3 rings (SSSR count). The quantitative estimate of drug-likeness (QED) is 0.757. The lowest BCUT2D eigenvalue weighted by atomic mass is 9.80. The summed E-state index contributed by atoms with van der Waals surface area (Å²) in [6.07, 6.45) is 9.45. The van der Waals surface area contributed by atoms with Gasteiger partial charge in [-0.15, -0.1) is 0 Å².